The highest BCUT2D eigenvalue weighted by atomic mass is 16.2. The Kier molecular flexibility index (Phi) is 4.59. The molecule has 5 nitrogen and oxygen atoms in total. The number of para-hydroxylation sites is 1. The summed E-state index contributed by atoms with van der Waals surface area (Å²) in [5.41, 5.74) is 0.934. The van der Waals surface area contributed by atoms with Crippen LogP contribution >= 0.6 is 0 Å². The summed E-state index contributed by atoms with van der Waals surface area (Å²) >= 11 is 0. The highest BCUT2D eigenvalue weighted by Gasteiger charge is 2.49. The van der Waals surface area contributed by atoms with Crippen molar-refractivity contribution in [2.75, 3.05) is 18.4 Å². The highest BCUT2D eigenvalue weighted by molar-refractivity contribution is 6.00. The molecule has 1 fully saturated rings. The Balaban J connectivity index is 1.98. The minimum absolute atomic E-state index is 0.0497. The molecule has 1 aromatic rings. The Morgan fingerprint density at radius 3 is 2.57 bits per heavy atom. The van der Waals surface area contributed by atoms with Gasteiger partial charge in [-0.1, -0.05) is 12.1 Å². The molecule has 1 saturated carbocycles. The van der Waals surface area contributed by atoms with E-state index in [9.17, 15) is 9.59 Å². The molecule has 0 aromatic heterocycles. The number of nitrogens with zero attached hydrogens (tertiary/aromatic N) is 2. The summed E-state index contributed by atoms with van der Waals surface area (Å²) in [6, 6.07) is 8.90. The molecule has 1 aromatic carbocycles. The van der Waals surface area contributed by atoms with Gasteiger partial charge < -0.3 is 10.2 Å². The molecular weight excluding hydrogens is 266 g/mol. The lowest BCUT2D eigenvalue weighted by Crippen LogP contribution is -2.33. The van der Waals surface area contributed by atoms with E-state index in [0.717, 1.165) is 0 Å². The van der Waals surface area contributed by atoms with Gasteiger partial charge in [-0.2, -0.15) is 5.26 Å². The number of carbonyl (C=O) groups excluding carboxylic acids is 2. The summed E-state index contributed by atoms with van der Waals surface area (Å²) in [6.07, 6.45) is 0.593. The van der Waals surface area contributed by atoms with E-state index < -0.39 is 0 Å². The maximum atomic E-state index is 12.2. The van der Waals surface area contributed by atoms with Gasteiger partial charge in [0.2, 0.25) is 11.8 Å². The summed E-state index contributed by atoms with van der Waals surface area (Å²) < 4.78 is 0. The summed E-state index contributed by atoms with van der Waals surface area (Å²) in [4.78, 5) is 26.1. The van der Waals surface area contributed by atoms with Crippen LogP contribution in [0.4, 0.5) is 5.69 Å². The first-order chi connectivity index (χ1) is 10.1. The van der Waals surface area contributed by atoms with Crippen molar-refractivity contribution in [2.24, 2.45) is 11.8 Å². The molecule has 2 unspecified atom stereocenters. The zero-order valence-corrected chi connectivity index (χ0v) is 12.3. The lowest BCUT2D eigenvalue weighted by atomic mass is 10.2. The van der Waals surface area contributed by atoms with E-state index in [4.69, 9.17) is 5.26 Å². The maximum Gasteiger partial charge on any atom is 0.228 e. The first-order valence-electron chi connectivity index (χ1n) is 7.21. The van der Waals surface area contributed by atoms with E-state index in [2.05, 4.69) is 5.32 Å². The third-order valence-corrected chi connectivity index (χ3v) is 3.82. The SMILES string of the molecule is CCN(CC)C(=O)C1CC1C(=O)Nc1ccccc1C#N. The van der Waals surface area contributed by atoms with Gasteiger partial charge in [0, 0.05) is 13.1 Å². The van der Waals surface area contributed by atoms with Crippen molar-refractivity contribution in [1.82, 2.24) is 4.90 Å². The minimum atomic E-state index is -0.273. The molecule has 2 atom stereocenters. The maximum absolute atomic E-state index is 12.2. The van der Waals surface area contributed by atoms with E-state index in [1.54, 1.807) is 29.2 Å². The highest BCUT2D eigenvalue weighted by Crippen LogP contribution is 2.41. The second-order valence-electron chi connectivity index (χ2n) is 5.11. The van der Waals surface area contributed by atoms with Gasteiger partial charge in [-0.25, -0.2) is 0 Å². The normalized spacial score (nSPS) is 19.5. The zero-order valence-electron chi connectivity index (χ0n) is 12.3. The third-order valence-electron chi connectivity index (χ3n) is 3.82. The fraction of sp³-hybridized carbons (Fsp3) is 0.438. The molecule has 1 aliphatic rings. The predicted molar refractivity (Wildman–Crippen MR) is 79.3 cm³/mol. The van der Waals surface area contributed by atoms with Gasteiger partial charge in [0.05, 0.1) is 23.1 Å². The van der Waals surface area contributed by atoms with E-state index in [1.165, 1.54) is 0 Å². The van der Waals surface area contributed by atoms with Crippen LogP contribution < -0.4 is 5.32 Å². The first-order valence-corrected chi connectivity index (χ1v) is 7.21. The van der Waals surface area contributed by atoms with Gasteiger partial charge in [0.15, 0.2) is 0 Å². The lowest BCUT2D eigenvalue weighted by Gasteiger charge is -2.18. The molecule has 2 amide bonds. The van der Waals surface area contributed by atoms with Crippen molar-refractivity contribution in [3.63, 3.8) is 0 Å². The smallest absolute Gasteiger partial charge is 0.228 e. The van der Waals surface area contributed by atoms with Crippen LogP contribution in [0, 0.1) is 23.2 Å². The largest absolute Gasteiger partial charge is 0.343 e. The number of nitriles is 1. The number of carbonyl (C=O) groups is 2. The quantitative estimate of drug-likeness (QED) is 0.899. The van der Waals surface area contributed by atoms with Crippen LogP contribution in [-0.2, 0) is 9.59 Å². The number of hydrogen-bond acceptors (Lipinski definition) is 3. The van der Waals surface area contributed by atoms with Gasteiger partial charge in [-0.05, 0) is 32.4 Å². The van der Waals surface area contributed by atoms with Crippen molar-refractivity contribution in [1.29, 1.82) is 5.26 Å². The molecule has 110 valence electrons. The molecule has 0 bridgehead atoms. The third kappa shape index (κ3) is 3.22. The first kappa shape index (κ1) is 15.0. The summed E-state index contributed by atoms with van der Waals surface area (Å²) in [7, 11) is 0. The molecule has 1 aliphatic carbocycles. The molecule has 0 radical (unpaired) electrons. The van der Waals surface area contributed by atoms with Crippen LogP contribution in [0.5, 0.6) is 0 Å². The van der Waals surface area contributed by atoms with Crippen LogP contribution in [-0.4, -0.2) is 29.8 Å². The monoisotopic (exact) mass is 285 g/mol. The molecule has 2 rings (SSSR count). The zero-order chi connectivity index (χ0) is 15.4. The van der Waals surface area contributed by atoms with Gasteiger partial charge in [0.1, 0.15) is 6.07 Å². The van der Waals surface area contributed by atoms with Crippen molar-refractivity contribution < 1.29 is 9.59 Å². The second kappa shape index (κ2) is 6.40. The van der Waals surface area contributed by atoms with Gasteiger partial charge in [-0.3, -0.25) is 9.59 Å². The average Bonchev–Trinajstić information content (AvgIpc) is 3.29. The fourth-order valence-electron chi connectivity index (χ4n) is 2.44. The van der Waals surface area contributed by atoms with E-state index in [1.807, 2.05) is 19.9 Å². The Labute approximate surface area is 124 Å². The molecule has 21 heavy (non-hydrogen) atoms. The lowest BCUT2D eigenvalue weighted by molar-refractivity contribution is -0.133. The molecule has 1 N–H and O–H groups in total. The molecule has 0 spiro atoms. The summed E-state index contributed by atoms with van der Waals surface area (Å²) in [6.45, 7) is 5.19. The molecular formula is C16H19N3O2. The van der Waals surface area contributed by atoms with Crippen molar-refractivity contribution >= 4 is 17.5 Å². The number of anilines is 1. The molecule has 5 heteroatoms. The fourth-order valence-corrected chi connectivity index (χ4v) is 2.44. The Morgan fingerprint density at radius 2 is 1.95 bits per heavy atom. The number of hydrogen-bond donors (Lipinski definition) is 1. The Bertz CT molecular complexity index is 587. The van der Waals surface area contributed by atoms with E-state index in [-0.39, 0.29) is 23.7 Å². The van der Waals surface area contributed by atoms with Crippen LogP contribution in [0.25, 0.3) is 0 Å². The minimum Gasteiger partial charge on any atom is -0.343 e. The standard InChI is InChI=1S/C16H19N3O2/c1-3-19(4-2)16(21)13-9-12(13)15(20)18-14-8-6-5-7-11(14)10-17/h5-8,12-13H,3-4,9H2,1-2H3,(H,18,20). The summed E-state index contributed by atoms with van der Waals surface area (Å²) in [5.74, 6) is -0.610. The second-order valence-corrected chi connectivity index (χ2v) is 5.11. The van der Waals surface area contributed by atoms with Crippen molar-refractivity contribution in [2.45, 2.75) is 20.3 Å². The van der Waals surface area contributed by atoms with Gasteiger partial charge in [-0.15, -0.1) is 0 Å². The van der Waals surface area contributed by atoms with Crippen LogP contribution in [0.15, 0.2) is 24.3 Å². The van der Waals surface area contributed by atoms with Crippen LogP contribution in [0.3, 0.4) is 0 Å². The Morgan fingerprint density at radius 1 is 1.29 bits per heavy atom. The van der Waals surface area contributed by atoms with E-state index >= 15 is 0 Å². The number of benzene rings is 1. The average molecular weight is 285 g/mol. The van der Waals surface area contributed by atoms with Gasteiger partial charge >= 0.3 is 0 Å². The topological polar surface area (TPSA) is 73.2 Å². The van der Waals surface area contributed by atoms with Crippen LogP contribution in [0.2, 0.25) is 0 Å². The number of amides is 2. The van der Waals surface area contributed by atoms with Crippen molar-refractivity contribution in [3.8, 4) is 6.07 Å². The molecule has 0 saturated heterocycles. The molecule has 0 heterocycles. The number of nitrogens with one attached hydrogen (secondary N) is 1. The Hall–Kier alpha value is -2.35. The van der Waals surface area contributed by atoms with Crippen LogP contribution in [0.1, 0.15) is 25.8 Å². The van der Waals surface area contributed by atoms with E-state index in [0.29, 0.717) is 30.8 Å². The number of rotatable bonds is 5. The predicted octanol–water partition coefficient (Wildman–Crippen LogP) is 2.00. The summed E-state index contributed by atoms with van der Waals surface area (Å²) in [5, 5.41) is 11.8. The van der Waals surface area contributed by atoms with Gasteiger partial charge in [0.25, 0.3) is 0 Å². The van der Waals surface area contributed by atoms with Crippen molar-refractivity contribution in [3.05, 3.63) is 29.8 Å². The molecule has 0 aliphatic heterocycles.